The van der Waals surface area contributed by atoms with E-state index in [1.54, 1.807) is 8.61 Å². The highest BCUT2D eigenvalue weighted by Gasteiger charge is 2.38. The van der Waals surface area contributed by atoms with Crippen LogP contribution in [0.4, 0.5) is 0 Å². The molecule has 6 nitrogen and oxygen atoms in total. The lowest BCUT2D eigenvalue weighted by atomic mass is 10.2. The van der Waals surface area contributed by atoms with Gasteiger partial charge < -0.3 is 10.2 Å². The Kier molecular flexibility index (Phi) is 4.60. The van der Waals surface area contributed by atoms with Crippen molar-refractivity contribution in [1.29, 1.82) is 0 Å². The minimum Gasteiger partial charge on any atom is -0.314 e. The van der Waals surface area contributed by atoms with Gasteiger partial charge in [0, 0.05) is 45.3 Å². The van der Waals surface area contributed by atoms with Gasteiger partial charge in [-0.05, 0) is 26.9 Å². The highest BCUT2D eigenvalue weighted by molar-refractivity contribution is 7.86. The van der Waals surface area contributed by atoms with Crippen molar-refractivity contribution in [1.82, 2.24) is 18.8 Å². The second kappa shape index (κ2) is 5.83. The molecule has 0 radical (unpaired) electrons. The van der Waals surface area contributed by atoms with Crippen molar-refractivity contribution in [2.75, 3.05) is 53.4 Å². The number of likely N-dealkylation sites (N-methyl/N-ethyl adjacent to an activating group) is 1. The van der Waals surface area contributed by atoms with Crippen LogP contribution in [0.1, 0.15) is 12.8 Å². The normalized spacial score (nSPS) is 28.1. The average Bonchev–Trinajstić information content (AvgIpc) is 2.78. The molecule has 0 aromatic carbocycles. The Hall–Kier alpha value is -0.210. The summed E-state index contributed by atoms with van der Waals surface area (Å²) in [5.41, 5.74) is 0. The van der Waals surface area contributed by atoms with E-state index in [0.717, 1.165) is 32.5 Å². The molecule has 0 amide bonds. The van der Waals surface area contributed by atoms with Gasteiger partial charge in [0.15, 0.2) is 0 Å². The number of hydrogen-bond donors (Lipinski definition) is 1. The minimum absolute atomic E-state index is 0.139. The first kappa shape index (κ1) is 14.2. The first-order chi connectivity index (χ1) is 8.51. The molecule has 106 valence electrons. The topological polar surface area (TPSA) is 55.9 Å². The van der Waals surface area contributed by atoms with Gasteiger partial charge in [-0.25, -0.2) is 0 Å². The molecule has 0 aliphatic carbocycles. The van der Waals surface area contributed by atoms with Gasteiger partial charge in [-0.3, -0.25) is 0 Å². The lowest BCUT2D eigenvalue weighted by Gasteiger charge is -2.34. The van der Waals surface area contributed by atoms with Crippen molar-refractivity contribution in [3.8, 4) is 0 Å². The van der Waals surface area contributed by atoms with Crippen molar-refractivity contribution in [2.24, 2.45) is 0 Å². The fraction of sp³-hybridized carbons (Fsp3) is 1.00. The highest BCUT2D eigenvalue weighted by Crippen LogP contribution is 2.23. The van der Waals surface area contributed by atoms with Crippen LogP contribution < -0.4 is 5.32 Å². The predicted octanol–water partition coefficient (Wildman–Crippen LogP) is -0.838. The molecule has 1 atom stereocenters. The maximum absolute atomic E-state index is 12.6. The Balaban J connectivity index is 2.07. The number of piperazine rings is 1. The Morgan fingerprint density at radius 3 is 2.50 bits per heavy atom. The molecule has 7 heteroatoms. The van der Waals surface area contributed by atoms with E-state index in [1.807, 2.05) is 14.1 Å². The van der Waals surface area contributed by atoms with Crippen LogP contribution in [0.3, 0.4) is 0 Å². The average molecular weight is 276 g/mol. The molecule has 2 aliphatic rings. The number of nitrogens with one attached hydrogen (secondary N) is 1. The predicted molar refractivity (Wildman–Crippen MR) is 71.6 cm³/mol. The van der Waals surface area contributed by atoms with Crippen molar-refractivity contribution in [2.45, 2.75) is 18.9 Å². The summed E-state index contributed by atoms with van der Waals surface area (Å²) in [5.74, 6) is 0. The molecule has 0 aromatic rings. The third-order valence-corrected chi connectivity index (χ3v) is 5.69. The van der Waals surface area contributed by atoms with E-state index in [9.17, 15) is 8.42 Å². The van der Waals surface area contributed by atoms with E-state index in [2.05, 4.69) is 10.2 Å². The monoisotopic (exact) mass is 276 g/mol. The molecule has 0 aromatic heterocycles. The minimum atomic E-state index is -3.26. The van der Waals surface area contributed by atoms with Gasteiger partial charge in [0.25, 0.3) is 10.2 Å². The summed E-state index contributed by atoms with van der Waals surface area (Å²) in [6, 6.07) is 0.139. The number of nitrogens with zero attached hydrogens (tertiary/aromatic N) is 3. The Morgan fingerprint density at radius 2 is 1.89 bits per heavy atom. The summed E-state index contributed by atoms with van der Waals surface area (Å²) in [6.45, 7) is 4.17. The lowest BCUT2D eigenvalue weighted by molar-refractivity contribution is 0.264. The molecule has 0 saturated carbocycles. The van der Waals surface area contributed by atoms with Crippen molar-refractivity contribution >= 4 is 10.2 Å². The van der Waals surface area contributed by atoms with Gasteiger partial charge in [-0.2, -0.15) is 17.0 Å². The summed E-state index contributed by atoms with van der Waals surface area (Å²) in [5, 5.41) is 3.19. The van der Waals surface area contributed by atoms with Crippen molar-refractivity contribution in [3.63, 3.8) is 0 Å². The smallest absolute Gasteiger partial charge is 0.282 e. The highest BCUT2D eigenvalue weighted by atomic mass is 32.2. The van der Waals surface area contributed by atoms with Crippen LogP contribution in [0.2, 0.25) is 0 Å². The Labute approximate surface area is 110 Å². The SMILES string of the molecule is CN(C)CC1CCCN1S(=O)(=O)N1CCNCC1. The van der Waals surface area contributed by atoms with E-state index >= 15 is 0 Å². The van der Waals surface area contributed by atoms with Crippen LogP contribution in [0.25, 0.3) is 0 Å². The molecule has 1 unspecified atom stereocenters. The molecule has 2 fully saturated rings. The number of rotatable bonds is 4. The molecule has 2 aliphatic heterocycles. The van der Waals surface area contributed by atoms with Crippen LogP contribution >= 0.6 is 0 Å². The second-order valence-electron chi connectivity index (χ2n) is 5.33. The second-order valence-corrected chi connectivity index (χ2v) is 7.21. The molecule has 0 spiro atoms. The summed E-state index contributed by atoms with van der Waals surface area (Å²) >= 11 is 0. The van der Waals surface area contributed by atoms with Gasteiger partial charge in [-0.15, -0.1) is 0 Å². The van der Waals surface area contributed by atoms with Crippen LogP contribution in [-0.4, -0.2) is 81.3 Å². The van der Waals surface area contributed by atoms with Crippen LogP contribution in [0.15, 0.2) is 0 Å². The first-order valence-corrected chi connectivity index (χ1v) is 8.04. The van der Waals surface area contributed by atoms with E-state index in [0.29, 0.717) is 19.6 Å². The largest absolute Gasteiger partial charge is 0.314 e. The Bertz CT molecular complexity index is 365. The van der Waals surface area contributed by atoms with E-state index in [1.165, 1.54) is 0 Å². The Morgan fingerprint density at radius 1 is 1.22 bits per heavy atom. The van der Waals surface area contributed by atoms with Gasteiger partial charge in [-0.1, -0.05) is 0 Å². The molecule has 2 rings (SSSR count). The van der Waals surface area contributed by atoms with E-state index in [4.69, 9.17) is 0 Å². The molecule has 18 heavy (non-hydrogen) atoms. The standard InChI is InChI=1S/C11H24N4O2S/c1-13(2)10-11-4-3-7-15(11)18(16,17)14-8-5-12-6-9-14/h11-12H,3-10H2,1-2H3. The molecule has 2 saturated heterocycles. The zero-order valence-corrected chi connectivity index (χ0v) is 12.1. The zero-order chi connectivity index (χ0) is 13.2. The number of hydrogen-bond acceptors (Lipinski definition) is 4. The van der Waals surface area contributed by atoms with Gasteiger partial charge in [0.05, 0.1) is 0 Å². The van der Waals surface area contributed by atoms with E-state index < -0.39 is 10.2 Å². The van der Waals surface area contributed by atoms with Gasteiger partial charge in [0.2, 0.25) is 0 Å². The fourth-order valence-electron chi connectivity index (χ4n) is 2.74. The van der Waals surface area contributed by atoms with Crippen LogP contribution in [0, 0.1) is 0 Å². The molecule has 0 bridgehead atoms. The third kappa shape index (κ3) is 3.03. The first-order valence-electron chi connectivity index (χ1n) is 6.64. The lowest BCUT2D eigenvalue weighted by Crippen LogP contribution is -2.53. The van der Waals surface area contributed by atoms with E-state index in [-0.39, 0.29) is 6.04 Å². The third-order valence-electron chi connectivity index (χ3n) is 3.60. The van der Waals surface area contributed by atoms with Gasteiger partial charge in [0.1, 0.15) is 0 Å². The zero-order valence-electron chi connectivity index (χ0n) is 11.3. The summed E-state index contributed by atoms with van der Waals surface area (Å²) in [4.78, 5) is 2.07. The summed E-state index contributed by atoms with van der Waals surface area (Å²) in [7, 11) is 0.731. The fourth-order valence-corrected chi connectivity index (χ4v) is 4.59. The summed E-state index contributed by atoms with van der Waals surface area (Å²) < 4.78 is 28.5. The molecular formula is C11H24N4O2S. The van der Waals surface area contributed by atoms with Crippen molar-refractivity contribution < 1.29 is 8.42 Å². The van der Waals surface area contributed by atoms with Crippen LogP contribution in [0.5, 0.6) is 0 Å². The van der Waals surface area contributed by atoms with Crippen molar-refractivity contribution in [3.05, 3.63) is 0 Å². The summed E-state index contributed by atoms with van der Waals surface area (Å²) in [6.07, 6.45) is 1.95. The molecule has 1 N–H and O–H groups in total. The van der Waals surface area contributed by atoms with Gasteiger partial charge >= 0.3 is 0 Å². The van der Waals surface area contributed by atoms with Crippen LogP contribution in [-0.2, 0) is 10.2 Å². The maximum Gasteiger partial charge on any atom is 0.282 e. The molecule has 2 heterocycles. The quantitative estimate of drug-likeness (QED) is 0.728. The molecular weight excluding hydrogens is 252 g/mol. The maximum atomic E-state index is 12.6.